The summed E-state index contributed by atoms with van der Waals surface area (Å²) in [6.45, 7) is 1.97. The zero-order valence-electron chi connectivity index (χ0n) is 13.8. The highest BCUT2D eigenvalue weighted by atomic mass is 32.2. The molecule has 1 heterocycles. The Labute approximate surface area is 153 Å². The third-order valence-electron chi connectivity index (χ3n) is 3.60. The standard InChI is InChI=1S/C18H15FN2O4S/c1-2-25-17(23)11-4-3-5-13(10-11)20-15-16(22)21(18(24)26-15)14-8-6-12(19)7-9-14/h3-10,15,20H,2H2,1H3. The second-order valence-corrected chi connectivity index (χ2v) is 6.42. The van der Waals surface area contributed by atoms with E-state index in [9.17, 15) is 18.8 Å². The predicted molar refractivity (Wildman–Crippen MR) is 96.7 cm³/mol. The highest BCUT2D eigenvalue weighted by Crippen LogP contribution is 2.32. The first kappa shape index (κ1) is 17.9. The molecule has 2 aromatic carbocycles. The molecule has 0 bridgehead atoms. The summed E-state index contributed by atoms with van der Waals surface area (Å²) in [6, 6.07) is 11.6. The van der Waals surface area contributed by atoms with Crippen molar-refractivity contribution in [1.82, 2.24) is 0 Å². The topological polar surface area (TPSA) is 75.7 Å². The second kappa shape index (κ2) is 7.57. The predicted octanol–water partition coefficient (Wildman–Crippen LogP) is 3.64. The van der Waals surface area contributed by atoms with E-state index < -0.39 is 28.3 Å². The Morgan fingerprint density at radius 1 is 1.23 bits per heavy atom. The Bertz CT molecular complexity index is 857. The number of hydrogen-bond acceptors (Lipinski definition) is 6. The normalized spacial score (nSPS) is 16.7. The van der Waals surface area contributed by atoms with Gasteiger partial charge in [0, 0.05) is 5.69 Å². The van der Waals surface area contributed by atoms with Crippen LogP contribution in [0, 0.1) is 5.82 Å². The van der Waals surface area contributed by atoms with Gasteiger partial charge in [0.1, 0.15) is 5.82 Å². The number of ether oxygens (including phenoxy) is 1. The van der Waals surface area contributed by atoms with Gasteiger partial charge in [-0.05, 0) is 61.2 Å². The monoisotopic (exact) mass is 374 g/mol. The van der Waals surface area contributed by atoms with Gasteiger partial charge in [0.25, 0.3) is 11.1 Å². The number of nitrogens with zero attached hydrogens (tertiary/aromatic N) is 1. The number of esters is 1. The molecular formula is C18H15FN2O4S. The first-order valence-electron chi connectivity index (χ1n) is 7.83. The zero-order valence-corrected chi connectivity index (χ0v) is 14.6. The molecule has 1 aliphatic heterocycles. The Hall–Kier alpha value is -2.87. The highest BCUT2D eigenvalue weighted by Gasteiger charge is 2.40. The summed E-state index contributed by atoms with van der Waals surface area (Å²) in [6.07, 6.45) is 0. The van der Waals surface area contributed by atoms with Gasteiger partial charge in [-0.15, -0.1) is 0 Å². The molecular weight excluding hydrogens is 359 g/mol. The summed E-state index contributed by atoms with van der Waals surface area (Å²) >= 11 is 0.817. The molecule has 134 valence electrons. The average Bonchev–Trinajstić information content (AvgIpc) is 2.90. The minimum atomic E-state index is -0.843. The van der Waals surface area contributed by atoms with Crippen molar-refractivity contribution in [3.8, 4) is 0 Å². The van der Waals surface area contributed by atoms with Crippen LogP contribution in [0.15, 0.2) is 48.5 Å². The lowest BCUT2D eigenvalue weighted by molar-refractivity contribution is -0.116. The van der Waals surface area contributed by atoms with Crippen molar-refractivity contribution in [2.45, 2.75) is 12.3 Å². The molecule has 2 aromatic rings. The average molecular weight is 374 g/mol. The fraction of sp³-hybridized carbons (Fsp3) is 0.167. The minimum Gasteiger partial charge on any atom is -0.462 e. The van der Waals surface area contributed by atoms with Crippen LogP contribution in [0.1, 0.15) is 17.3 Å². The van der Waals surface area contributed by atoms with Crippen LogP contribution >= 0.6 is 11.8 Å². The van der Waals surface area contributed by atoms with Crippen molar-refractivity contribution >= 4 is 40.3 Å². The first-order valence-corrected chi connectivity index (χ1v) is 8.71. The lowest BCUT2D eigenvalue weighted by Gasteiger charge is -2.15. The molecule has 1 unspecified atom stereocenters. The van der Waals surface area contributed by atoms with Crippen LogP contribution in [0.4, 0.5) is 20.6 Å². The Balaban J connectivity index is 1.76. The second-order valence-electron chi connectivity index (χ2n) is 5.36. The maximum atomic E-state index is 13.0. The van der Waals surface area contributed by atoms with Crippen molar-refractivity contribution in [2.24, 2.45) is 0 Å². The van der Waals surface area contributed by atoms with Crippen molar-refractivity contribution in [3.05, 3.63) is 59.9 Å². The number of hydrogen-bond donors (Lipinski definition) is 1. The molecule has 2 amide bonds. The number of nitrogens with one attached hydrogen (secondary N) is 1. The quantitative estimate of drug-likeness (QED) is 0.806. The van der Waals surface area contributed by atoms with E-state index in [0.717, 1.165) is 16.7 Å². The van der Waals surface area contributed by atoms with Crippen LogP contribution < -0.4 is 10.2 Å². The van der Waals surface area contributed by atoms with Crippen molar-refractivity contribution in [2.75, 3.05) is 16.8 Å². The zero-order chi connectivity index (χ0) is 18.7. The summed E-state index contributed by atoms with van der Waals surface area (Å²) in [7, 11) is 0. The molecule has 0 radical (unpaired) electrons. The molecule has 3 rings (SSSR count). The molecule has 1 fully saturated rings. The van der Waals surface area contributed by atoms with Gasteiger partial charge in [-0.1, -0.05) is 6.07 Å². The molecule has 8 heteroatoms. The van der Waals surface area contributed by atoms with Gasteiger partial charge < -0.3 is 10.1 Å². The summed E-state index contributed by atoms with van der Waals surface area (Å²) in [5.41, 5.74) is 1.16. The fourth-order valence-corrected chi connectivity index (χ4v) is 3.33. The molecule has 0 spiro atoms. The van der Waals surface area contributed by atoms with E-state index in [0.29, 0.717) is 16.9 Å². The number of rotatable bonds is 5. The van der Waals surface area contributed by atoms with E-state index in [1.807, 2.05) is 0 Å². The van der Waals surface area contributed by atoms with Crippen molar-refractivity contribution in [1.29, 1.82) is 0 Å². The lowest BCUT2D eigenvalue weighted by Crippen LogP contribution is -2.34. The lowest BCUT2D eigenvalue weighted by atomic mass is 10.2. The van der Waals surface area contributed by atoms with Gasteiger partial charge in [-0.3, -0.25) is 9.59 Å². The Morgan fingerprint density at radius 2 is 1.96 bits per heavy atom. The summed E-state index contributed by atoms with van der Waals surface area (Å²) in [5.74, 6) is -1.38. The maximum absolute atomic E-state index is 13.0. The van der Waals surface area contributed by atoms with Crippen LogP contribution in [0.3, 0.4) is 0 Å². The van der Waals surface area contributed by atoms with Gasteiger partial charge in [-0.2, -0.15) is 0 Å². The first-order chi connectivity index (χ1) is 12.5. The minimum absolute atomic E-state index is 0.259. The third-order valence-corrected chi connectivity index (χ3v) is 4.54. The molecule has 1 aliphatic rings. The van der Waals surface area contributed by atoms with Gasteiger partial charge >= 0.3 is 5.97 Å². The SMILES string of the molecule is CCOC(=O)c1cccc(NC2SC(=O)N(c3ccc(F)cc3)C2=O)c1. The summed E-state index contributed by atoms with van der Waals surface area (Å²) in [4.78, 5) is 37.6. The molecule has 0 saturated carbocycles. The number of imide groups is 1. The van der Waals surface area contributed by atoms with Gasteiger partial charge in [0.2, 0.25) is 0 Å². The Kier molecular flexibility index (Phi) is 5.22. The van der Waals surface area contributed by atoms with Crippen LogP contribution in [0.2, 0.25) is 0 Å². The number of thioether (sulfide) groups is 1. The van der Waals surface area contributed by atoms with Crippen molar-refractivity contribution < 1.29 is 23.5 Å². The number of halogens is 1. The van der Waals surface area contributed by atoms with E-state index in [1.165, 1.54) is 24.3 Å². The van der Waals surface area contributed by atoms with Gasteiger partial charge in [-0.25, -0.2) is 14.1 Å². The van der Waals surface area contributed by atoms with E-state index in [4.69, 9.17) is 4.74 Å². The van der Waals surface area contributed by atoms with Crippen molar-refractivity contribution in [3.63, 3.8) is 0 Å². The number of benzene rings is 2. The van der Waals surface area contributed by atoms with E-state index in [1.54, 1.807) is 31.2 Å². The van der Waals surface area contributed by atoms with E-state index in [2.05, 4.69) is 5.32 Å². The molecule has 0 aromatic heterocycles. The van der Waals surface area contributed by atoms with Crippen LogP contribution in [-0.2, 0) is 9.53 Å². The highest BCUT2D eigenvalue weighted by molar-refractivity contribution is 8.16. The van der Waals surface area contributed by atoms with E-state index >= 15 is 0 Å². The molecule has 26 heavy (non-hydrogen) atoms. The van der Waals surface area contributed by atoms with Crippen LogP contribution in [0.25, 0.3) is 0 Å². The summed E-state index contributed by atoms with van der Waals surface area (Å²) < 4.78 is 18.0. The maximum Gasteiger partial charge on any atom is 0.338 e. The molecule has 1 saturated heterocycles. The largest absolute Gasteiger partial charge is 0.462 e. The molecule has 1 atom stereocenters. The van der Waals surface area contributed by atoms with E-state index in [-0.39, 0.29) is 6.61 Å². The number of carbonyl (C=O) groups is 3. The fourth-order valence-electron chi connectivity index (χ4n) is 2.43. The molecule has 0 aliphatic carbocycles. The molecule has 1 N–H and O–H groups in total. The molecule has 6 nitrogen and oxygen atoms in total. The summed E-state index contributed by atoms with van der Waals surface area (Å²) in [5, 5.41) is 1.64. The van der Waals surface area contributed by atoms with Gasteiger partial charge in [0.05, 0.1) is 17.9 Å². The van der Waals surface area contributed by atoms with Crippen LogP contribution in [-0.4, -0.2) is 29.1 Å². The van der Waals surface area contributed by atoms with Crippen LogP contribution in [0.5, 0.6) is 0 Å². The smallest absolute Gasteiger partial charge is 0.338 e. The Morgan fingerprint density at radius 3 is 2.65 bits per heavy atom. The van der Waals surface area contributed by atoms with Gasteiger partial charge in [0.15, 0.2) is 5.37 Å². The number of carbonyl (C=O) groups excluding carboxylic acids is 3. The third kappa shape index (κ3) is 3.70. The number of amides is 2. The number of anilines is 2.